The van der Waals surface area contributed by atoms with Gasteiger partial charge < -0.3 is 25.1 Å². The molecule has 230 valence electrons. The lowest BCUT2D eigenvalue weighted by atomic mass is 9.78. The van der Waals surface area contributed by atoms with Crippen LogP contribution in [0.2, 0.25) is 0 Å². The van der Waals surface area contributed by atoms with Gasteiger partial charge in [0, 0.05) is 19.1 Å². The molecule has 1 aromatic carbocycles. The van der Waals surface area contributed by atoms with E-state index in [1.54, 1.807) is 43.2 Å². The molecule has 0 amide bonds. The highest BCUT2D eigenvalue weighted by atomic mass is 32.2. The average Bonchev–Trinajstić information content (AvgIpc) is 3.02. The molecule has 0 spiro atoms. The number of methoxy groups -OCH3 is 1. The summed E-state index contributed by atoms with van der Waals surface area (Å²) in [6.45, 7) is 9.01. The van der Waals surface area contributed by atoms with Crippen LogP contribution in [0, 0.1) is 17.2 Å². The van der Waals surface area contributed by atoms with E-state index >= 15 is 0 Å². The van der Waals surface area contributed by atoms with Crippen molar-refractivity contribution in [1.29, 1.82) is 5.41 Å². The van der Waals surface area contributed by atoms with Crippen molar-refractivity contribution in [3.63, 3.8) is 0 Å². The van der Waals surface area contributed by atoms with Gasteiger partial charge in [-0.2, -0.15) is 0 Å². The van der Waals surface area contributed by atoms with E-state index in [4.69, 9.17) is 25.4 Å². The minimum absolute atomic E-state index is 0.0667. The first-order chi connectivity index (χ1) is 20.8. The lowest BCUT2D eigenvalue weighted by molar-refractivity contribution is -0.113. The fraction of sp³-hybridized carbons (Fsp3) is 0.371. The van der Waals surface area contributed by atoms with E-state index in [0.29, 0.717) is 35.8 Å². The monoisotopic (exact) mass is 603 g/mol. The number of aliphatic hydroxyl groups is 1. The molecule has 4 N–H and O–H groups in total. The number of nitrogens with one attached hydrogen (secondary N) is 1. The third kappa shape index (κ3) is 12.0. The predicted octanol–water partition coefficient (Wildman–Crippen LogP) is 7.57. The molecule has 0 radical (unpaired) electrons. The second-order valence-corrected chi connectivity index (χ2v) is 11.5. The first-order valence-electron chi connectivity index (χ1n) is 14.7. The SMILES string of the molecule is C=C(/C=C\C(=C)C1=CC(N)=NC(=N)/C=C/C=C/C(C2CCCCC2)CC(Oc2ccc(C(O)OCCOC)cc2)=C1)SC. The number of ether oxygens (including phenoxy) is 3. The van der Waals surface area contributed by atoms with Crippen LogP contribution in [-0.4, -0.2) is 43.4 Å². The lowest BCUT2D eigenvalue weighted by Crippen LogP contribution is -2.18. The predicted molar refractivity (Wildman–Crippen MR) is 179 cm³/mol. The quantitative estimate of drug-likeness (QED) is 0.129. The third-order valence-electron chi connectivity index (χ3n) is 7.37. The minimum atomic E-state index is -1.05. The second-order valence-electron chi connectivity index (χ2n) is 10.6. The van der Waals surface area contributed by atoms with Crippen LogP contribution >= 0.6 is 11.8 Å². The molecule has 0 saturated heterocycles. The Morgan fingerprint density at radius 1 is 1.12 bits per heavy atom. The summed E-state index contributed by atoms with van der Waals surface area (Å²) in [5.41, 5.74) is 8.33. The highest BCUT2D eigenvalue weighted by Crippen LogP contribution is 2.35. The van der Waals surface area contributed by atoms with Gasteiger partial charge in [0.1, 0.15) is 23.2 Å². The van der Waals surface area contributed by atoms with Gasteiger partial charge in [0.15, 0.2) is 6.29 Å². The van der Waals surface area contributed by atoms with Gasteiger partial charge in [0.05, 0.1) is 13.2 Å². The molecule has 2 unspecified atom stereocenters. The number of thioether (sulfide) groups is 1. The summed E-state index contributed by atoms with van der Waals surface area (Å²) in [5.74, 6) is 2.41. The van der Waals surface area contributed by atoms with Crippen LogP contribution in [0.3, 0.4) is 0 Å². The smallest absolute Gasteiger partial charge is 0.181 e. The van der Waals surface area contributed by atoms with Crippen LogP contribution in [-0.2, 0) is 9.47 Å². The van der Waals surface area contributed by atoms with Crippen LogP contribution in [0.5, 0.6) is 5.75 Å². The molecule has 1 fully saturated rings. The van der Waals surface area contributed by atoms with E-state index in [9.17, 15) is 5.11 Å². The maximum absolute atomic E-state index is 10.4. The maximum atomic E-state index is 10.4. The van der Waals surface area contributed by atoms with Gasteiger partial charge in [0.2, 0.25) is 0 Å². The summed E-state index contributed by atoms with van der Waals surface area (Å²) < 4.78 is 17.0. The highest BCUT2D eigenvalue weighted by molar-refractivity contribution is 8.02. The normalized spacial score (nSPS) is 21.0. The van der Waals surface area contributed by atoms with Crippen molar-refractivity contribution in [2.24, 2.45) is 22.6 Å². The van der Waals surface area contributed by atoms with E-state index in [-0.39, 0.29) is 24.2 Å². The van der Waals surface area contributed by atoms with Crippen LogP contribution in [0.25, 0.3) is 0 Å². The van der Waals surface area contributed by atoms with Gasteiger partial charge in [0.25, 0.3) is 0 Å². The molecule has 8 heteroatoms. The third-order valence-corrected chi connectivity index (χ3v) is 8.03. The van der Waals surface area contributed by atoms with Crippen molar-refractivity contribution in [3.8, 4) is 5.75 Å². The number of amidine groups is 2. The standard InChI is InChI=1S/C35H45N3O4S/c1-25(14-15-26(2)43-4)30-23-32(42-31-18-16-28(17-19-31)35(39)41-21-20-40-3)22-29(27-10-6-5-7-11-27)12-8-9-13-33(36)38-34(37)24-30/h8-9,12-19,23-24,27,29,35,39H,1-2,5-7,10-11,20-22H2,3-4H3,(H3,36,37,38)/b12-8+,13-9+,15-14-,30-24?,32-23?. The zero-order valence-corrected chi connectivity index (χ0v) is 26.2. The Labute approximate surface area is 260 Å². The number of aliphatic imine (C=N–C) groups is 1. The molecule has 2 aliphatic rings. The number of nitrogens with zero attached hydrogens (tertiary/aromatic N) is 1. The molecule has 1 saturated carbocycles. The Bertz CT molecular complexity index is 1280. The molecule has 2 atom stereocenters. The largest absolute Gasteiger partial charge is 0.462 e. The average molecular weight is 604 g/mol. The zero-order valence-electron chi connectivity index (χ0n) is 25.3. The molecule has 1 heterocycles. The Kier molecular flexibility index (Phi) is 14.5. The molecular formula is C35H45N3O4S. The summed E-state index contributed by atoms with van der Waals surface area (Å²) in [7, 11) is 1.59. The molecule has 1 aliphatic carbocycles. The fourth-order valence-corrected chi connectivity index (χ4v) is 5.19. The number of aliphatic hydroxyl groups excluding tert-OH is 1. The Balaban J connectivity index is 2.02. The van der Waals surface area contributed by atoms with Crippen LogP contribution in [0.4, 0.5) is 0 Å². The van der Waals surface area contributed by atoms with Crippen molar-refractivity contribution in [2.45, 2.75) is 44.8 Å². The number of benzene rings is 1. The zero-order chi connectivity index (χ0) is 31.0. The number of hydrogen-bond acceptors (Lipinski definition) is 7. The van der Waals surface area contributed by atoms with Gasteiger partial charge in [-0.1, -0.05) is 68.9 Å². The van der Waals surface area contributed by atoms with Gasteiger partial charge in [-0.05, 0) is 83.4 Å². The van der Waals surface area contributed by atoms with Crippen molar-refractivity contribution in [3.05, 3.63) is 113 Å². The Morgan fingerprint density at radius 3 is 2.56 bits per heavy atom. The molecule has 0 aromatic heterocycles. The number of nitrogens with two attached hydrogens (primary N) is 1. The Morgan fingerprint density at radius 2 is 1.86 bits per heavy atom. The summed E-state index contributed by atoms with van der Waals surface area (Å²) in [6, 6.07) is 7.23. The number of allylic oxidation sites excluding steroid dienone is 9. The van der Waals surface area contributed by atoms with Crippen molar-refractivity contribution < 1.29 is 19.3 Å². The molecule has 1 aromatic rings. The first-order valence-corrected chi connectivity index (χ1v) is 15.9. The topological polar surface area (TPSA) is 110 Å². The van der Waals surface area contributed by atoms with Gasteiger partial charge >= 0.3 is 0 Å². The summed E-state index contributed by atoms with van der Waals surface area (Å²) >= 11 is 1.56. The summed E-state index contributed by atoms with van der Waals surface area (Å²) in [6.07, 6.45) is 22.8. The number of rotatable bonds is 12. The van der Waals surface area contributed by atoms with Crippen molar-refractivity contribution in [1.82, 2.24) is 0 Å². The molecule has 7 nitrogen and oxygen atoms in total. The summed E-state index contributed by atoms with van der Waals surface area (Å²) in [5, 5.41) is 18.6. The highest BCUT2D eigenvalue weighted by Gasteiger charge is 2.24. The lowest BCUT2D eigenvalue weighted by Gasteiger charge is -2.29. The van der Waals surface area contributed by atoms with E-state index in [2.05, 4.69) is 24.2 Å². The summed E-state index contributed by atoms with van der Waals surface area (Å²) in [4.78, 5) is 5.14. The van der Waals surface area contributed by atoms with Gasteiger partial charge in [-0.15, -0.1) is 11.8 Å². The molecular weight excluding hydrogens is 558 g/mol. The molecule has 0 bridgehead atoms. The minimum Gasteiger partial charge on any atom is -0.462 e. The molecule has 3 rings (SSSR count). The van der Waals surface area contributed by atoms with Crippen molar-refractivity contribution >= 4 is 23.4 Å². The van der Waals surface area contributed by atoms with Gasteiger partial charge in [-0.3, -0.25) is 5.41 Å². The van der Waals surface area contributed by atoms with E-state index in [1.807, 2.05) is 48.8 Å². The molecule has 43 heavy (non-hydrogen) atoms. The first kappa shape index (κ1) is 34.1. The van der Waals surface area contributed by atoms with Crippen LogP contribution in [0.15, 0.2) is 113 Å². The van der Waals surface area contributed by atoms with Crippen molar-refractivity contribution in [2.75, 3.05) is 26.6 Å². The second kappa shape index (κ2) is 18.3. The fourth-order valence-electron chi connectivity index (χ4n) is 4.99. The van der Waals surface area contributed by atoms with Gasteiger partial charge in [-0.25, -0.2) is 4.99 Å². The maximum Gasteiger partial charge on any atom is 0.181 e. The van der Waals surface area contributed by atoms with E-state index in [0.717, 1.165) is 16.2 Å². The van der Waals surface area contributed by atoms with E-state index < -0.39 is 6.29 Å². The number of hydrogen-bond donors (Lipinski definition) is 3. The van der Waals surface area contributed by atoms with E-state index in [1.165, 1.54) is 32.1 Å². The van der Waals surface area contributed by atoms with Crippen LogP contribution in [0.1, 0.15) is 50.4 Å². The Hall–Kier alpha value is -3.43. The molecule has 1 aliphatic heterocycles. The van der Waals surface area contributed by atoms with Crippen LogP contribution < -0.4 is 10.5 Å².